The van der Waals surface area contributed by atoms with Crippen LogP contribution in [0.4, 0.5) is 0 Å². The third-order valence-electron chi connectivity index (χ3n) is 23.7. The Morgan fingerprint density at radius 3 is 1.61 bits per heavy atom. The van der Waals surface area contributed by atoms with Crippen LogP contribution in [0, 0.1) is 11.8 Å². The van der Waals surface area contributed by atoms with Crippen molar-refractivity contribution >= 4 is 47.4 Å². The maximum atomic E-state index is 15.4. The maximum Gasteiger partial charge on any atom is 0.193 e. The molecule has 5 saturated heterocycles. The highest BCUT2D eigenvalue weighted by Crippen LogP contribution is 2.50. The van der Waals surface area contributed by atoms with E-state index >= 15 is 4.79 Å². The fraction of sp³-hybridized carbons (Fsp3) is 0.900. The summed E-state index contributed by atoms with van der Waals surface area (Å²) in [5.41, 5.74) is 2.17. The standard InChI is InChI=1S/C70H132O13Si5/c1-45-38-51-33-36-55-46(2)39-50(75-55)32-30-48(71)31-35-57(81-86(24,25)68(10,11)12)63-65(83-88(28,29)70(16,17)18)64(82-87(26,27)69(13,14)15)62-56(79-63)37-34-52(77-62)40-49(72)41-54-59(43-58(76-51)47(45)3)78-60(61(54)73-19)42-53(80-85(22,23)67(7,8)9)44-74-84(20,21)66(4,5)6/h31,35,45,48,50-65,71H,2-3,30,32-34,36-44H2,1,4-29H3/b35-31+/t45-,48?,50+,51+,52-,53+,54+,55+,56+,57+,58-,59+,60-,61-,62+,63+,64+,65-/m1/s1. The van der Waals surface area contributed by atoms with E-state index in [-0.39, 0.29) is 111 Å². The summed E-state index contributed by atoms with van der Waals surface area (Å²) in [6.07, 6.45) is 5.27. The molecule has 0 aromatic rings. The lowest BCUT2D eigenvalue weighted by molar-refractivity contribution is -0.266. The number of ether oxygens (including phenoxy) is 6. The lowest BCUT2D eigenvalue weighted by Crippen LogP contribution is -2.69. The molecule has 8 bridgehead atoms. The number of fused-ring (bicyclic) bond motifs is 2. The van der Waals surface area contributed by atoms with Gasteiger partial charge in [-0.1, -0.05) is 136 Å². The van der Waals surface area contributed by atoms with Gasteiger partial charge in [0.05, 0.1) is 79.9 Å². The van der Waals surface area contributed by atoms with Crippen molar-refractivity contribution < 1.29 is 60.5 Å². The van der Waals surface area contributed by atoms with Crippen molar-refractivity contribution in [3.63, 3.8) is 0 Å². The molecule has 1 unspecified atom stereocenters. The first kappa shape index (κ1) is 76.5. The summed E-state index contributed by atoms with van der Waals surface area (Å²) in [4.78, 5) is 15.4. The van der Waals surface area contributed by atoms with Gasteiger partial charge in [-0.15, -0.1) is 0 Å². The van der Waals surface area contributed by atoms with Crippen molar-refractivity contribution in [2.75, 3.05) is 13.7 Å². The number of hydrogen-bond acceptors (Lipinski definition) is 13. The number of aliphatic hydroxyl groups is 1. The monoisotopic (exact) mass is 1320 g/mol. The zero-order valence-electron chi connectivity index (χ0n) is 61.0. The number of rotatable bonds is 14. The van der Waals surface area contributed by atoms with Crippen LogP contribution in [-0.4, -0.2) is 164 Å². The molecule has 0 saturated carbocycles. The van der Waals surface area contributed by atoms with Gasteiger partial charge >= 0.3 is 0 Å². The number of methoxy groups -OCH3 is 1. The Balaban J connectivity index is 1.45. The Labute approximate surface area is 543 Å². The van der Waals surface area contributed by atoms with Crippen molar-refractivity contribution in [3.05, 3.63) is 36.5 Å². The van der Waals surface area contributed by atoms with Gasteiger partial charge in [0.25, 0.3) is 0 Å². The highest BCUT2D eigenvalue weighted by molar-refractivity contribution is 6.76. The van der Waals surface area contributed by atoms with E-state index in [0.717, 1.165) is 36.8 Å². The van der Waals surface area contributed by atoms with E-state index in [9.17, 15) is 5.11 Å². The molecule has 0 aromatic carbocycles. The van der Waals surface area contributed by atoms with Gasteiger partial charge in [-0.05, 0) is 159 Å². The molecule has 8 heterocycles. The van der Waals surface area contributed by atoms with Crippen molar-refractivity contribution in [2.24, 2.45) is 11.8 Å². The van der Waals surface area contributed by atoms with E-state index in [1.165, 1.54) is 0 Å². The molecule has 5 fully saturated rings. The SMILES string of the molecule is C=C1C[C@@H]2CCC(O)/C=C/[C@H](O[Si](C)(C)C(C)(C)C)[C@@H]3O[C@H]4CC[C@H](CC(=O)C[C@@H]5[C@@H](OC)[C@@H](C[C@@H](CO[Si](C)(C)C(C)(C)C)O[Si](C)(C)C(C)(C)C)O[C@H]5C[C@H]5O[C@@H](CC[C@@H]1O2)C[C@@H](C)C5=C)O[C@@H]4[C@H](O[Si](C)(C)C(C)(C)C)[C@@H]3O[Si](C)(C)C(C)(C)C. The van der Waals surface area contributed by atoms with E-state index in [1.807, 2.05) is 6.08 Å². The Morgan fingerprint density at radius 2 is 1.06 bits per heavy atom. The quantitative estimate of drug-likeness (QED) is 0.131. The molecule has 13 nitrogen and oxygen atoms in total. The van der Waals surface area contributed by atoms with Gasteiger partial charge in [0, 0.05) is 38.7 Å². The number of aliphatic hydroxyl groups excluding tert-OH is 1. The van der Waals surface area contributed by atoms with Crippen molar-refractivity contribution in [2.45, 2.75) is 376 Å². The van der Waals surface area contributed by atoms with Gasteiger partial charge < -0.3 is 55.7 Å². The average molecular weight is 1320 g/mol. The minimum atomic E-state index is -2.58. The Morgan fingerprint density at radius 1 is 0.545 bits per heavy atom. The largest absolute Gasteiger partial charge is 0.414 e. The summed E-state index contributed by atoms with van der Waals surface area (Å²) >= 11 is 0. The number of hydrogen-bond donors (Lipinski definition) is 1. The van der Waals surface area contributed by atoms with Crippen LogP contribution < -0.4 is 0 Å². The first-order chi connectivity index (χ1) is 40.0. The van der Waals surface area contributed by atoms with Gasteiger partial charge in [0.2, 0.25) is 0 Å². The lowest BCUT2D eigenvalue weighted by atomic mass is 9.81. The van der Waals surface area contributed by atoms with Crippen LogP contribution in [0.1, 0.15) is 188 Å². The van der Waals surface area contributed by atoms with Crippen LogP contribution in [0.2, 0.25) is 90.7 Å². The number of carbonyl (C=O) groups is 1. The molecule has 88 heavy (non-hydrogen) atoms. The van der Waals surface area contributed by atoms with Gasteiger partial charge in [0.1, 0.15) is 30.2 Å². The molecule has 8 rings (SSSR count). The molecular formula is C70H132O13Si5. The average Bonchev–Trinajstić information content (AvgIpc) is 0.954. The van der Waals surface area contributed by atoms with Crippen molar-refractivity contribution in [3.8, 4) is 0 Å². The minimum absolute atomic E-state index is 0.0128. The molecule has 8 aliphatic heterocycles. The highest BCUT2D eigenvalue weighted by atomic mass is 28.4. The van der Waals surface area contributed by atoms with E-state index in [1.54, 1.807) is 7.11 Å². The molecule has 0 radical (unpaired) electrons. The molecule has 8 aliphatic rings. The number of Topliss-reactive ketones (excluding diaryl/α,β-unsaturated/α-hetero) is 1. The van der Waals surface area contributed by atoms with E-state index in [0.29, 0.717) is 45.1 Å². The van der Waals surface area contributed by atoms with Gasteiger partial charge in [-0.2, -0.15) is 0 Å². The Hall–Kier alpha value is -0.506. The molecule has 0 amide bonds. The number of carbonyl (C=O) groups excluding carboxylic acids is 1. The van der Waals surface area contributed by atoms with E-state index in [2.05, 4.69) is 195 Å². The van der Waals surface area contributed by atoms with Crippen LogP contribution in [-0.2, 0) is 55.3 Å². The van der Waals surface area contributed by atoms with Gasteiger partial charge in [-0.3, -0.25) is 4.79 Å². The van der Waals surface area contributed by atoms with Gasteiger partial charge in [0.15, 0.2) is 41.6 Å². The summed E-state index contributed by atoms with van der Waals surface area (Å²) in [7, 11) is -10.3. The molecule has 1 N–H and O–H groups in total. The summed E-state index contributed by atoms with van der Waals surface area (Å²) in [5.74, 6) is 0.0699. The second-order valence-corrected chi connectivity index (χ2v) is 59.5. The zero-order valence-corrected chi connectivity index (χ0v) is 66.0. The summed E-state index contributed by atoms with van der Waals surface area (Å²) in [6.45, 7) is 69.2. The molecule has 0 aliphatic carbocycles. The summed E-state index contributed by atoms with van der Waals surface area (Å²) in [5, 5.41) is 11.5. The second-order valence-electron chi connectivity index (χ2n) is 35.7. The van der Waals surface area contributed by atoms with Crippen LogP contribution in [0.5, 0.6) is 0 Å². The topological polar surface area (TPSA) is 139 Å². The van der Waals surface area contributed by atoms with E-state index in [4.69, 9.17) is 50.6 Å². The fourth-order valence-corrected chi connectivity index (χ4v) is 18.8. The molecule has 18 heteroatoms. The normalized spacial score (nSPS) is 35.4. The molecule has 510 valence electrons. The zero-order chi connectivity index (χ0) is 66.5. The van der Waals surface area contributed by atoms with Gasteiger partial charge in [-0.25, -0.2) is 0 Å². The van der Waals surface area contributed by atoms with E-state index < -0.39 is 84.3 Å². The smallest absolute Gasteiger partial charge is 0.193 e. The van der Waals surface area contributed by atoms with Crippen LogP contribution in [0.15, 0.2) is 36.5 Å². The third-order valence-corrected chi connectivity index (χ3v) is 46.1. The van der Waals surface area contributed by atoms with Crippen LogP contribution in [0.3, 0.4) is 0 Å². The second kappa shape index (κ2) is 28.7. The summed E-state index contributed by atoms with van der Waals surface area (Å²) < 4.78 is 80.5. The van der Waals surface area contributed by atoms with Crippen LogP contribution >= 0.6 is 0 Å². The minimum Gasteiger partial charge on any atom is -0.414 e. The van der Waals surface area contributed by atoms with Crippen molar-refractivity contribution in [1.82, 2.24) is 0 Å². The molecule has 18 atom stereocenters. The Kier molecular flexibility index (Phi) is 24.9. The molecule has 0 aromatic heterocycles. The van der Waals surface area contributed by atoms with Crippen molar-refractivity contribution in [1.29, 1.82) is 0 Å². The van der Waals surface area contributed by atoms with Crippen LogP contribution in [0.25, 0.3) is 0 Å². The first-order valence-electron chi connectivity index (χ1n) is 34.4. The predicted octanol–water partition coefficient (Wildman–Crippen LogP) is 17.0. The maximum absolute atomic E-state index is 15.4. The third kappa shape index (κ3) is 18.7. The Bertz CT molecular complexity index is 2360. The fourth-order valence-electron chi connectivity index (χ4n) is 12.5. The first-order valence-corrected chi connectivity index (χ1v) is 48.9. The predicted molar refractivity (Wildman–Crippen MR) is 372 cm³/mol. The lowest BCUT2D eigenvalue weighted by Gasteiger charge is -2.56. The highest BCUT2D eigenvalue weighted by Gasteiger charge is 2.59. The molecule has 0 spiro atoms. The molecular weight excluding hydrogens is 1190 g/mol. The number of ketones is 1. The summed E-state index contributed by atoms with van der Waals surface area (Å²) in [6, 6.07) is 0.